The number of rotatable bonds is 0. The molecule has 0 fully saturated rings. The second-order valence-corrected chi connectivity index (χ2v) is 1.77. The molecule has 0 aliphatic rings. The third-order valence-electron chi connectivity index (χ3n) is 1.14. The van der Waals surface area contributed by atoms with Crippen molar-refractivity contribution in [3.8, 4) is 6.07 Å². The molecule has 0 aromatic heterocycles. The maximum atomic E-state index is 8.43. The van der Waals surface area contributed by atoms with E-state index in [4.69, 9.17) is 5.26 Å². The molecule has 0 radical (unpaired) electrons. The van der Waals surface area contributed by atoms with Gasteiger partial charge in [-0.25, -0.2) is 0 Å². The Morgan fingerprint density at radius 2 is 2.00 bits per heavy atom. The zero-order valence-electron chi connectivity index (χ0n) is 4.96. The van der Waals surface area contributed by atoms with Crippen molar-refractivity contribution in [3.05, 3.63) is 29.8 Å². The van der Waals surface area contributed by atoms with Crippen LogP contribution in [-0.2, 0) is 0 Å². The fourth-order valence-electron chi connectivity index (χ4n) is 0.629. The summed E-state index contributed by atoms with van der Waals surface area (Å²) in [5.74, 6) is 0. The van der Waals surface area contributed by atoms with Gasteiger partial charge in [-0.2, -0.15) is 5.26 Å². The summed E-state index contributed by atoms with van der Waals surface area (Å²) in [5.41, 5.74) is 5.11. The van der Waals surface area contributed by atoms with E-state index >= 15 is 0 Å². The van der Waals surface area contributed by atoms with Crippen LogP contribution in [0.15, 0.2) is 24.3 Å². The highest BCUT2D eigenvalue weighted by Gasteiger charge is 1.95. The van der Waals surface area contributed by atoms with Gasteiger partial charge in [-0.15, -0.1) is 0 Å². The number of quaternary nitrogens is 1. The van der Waals surface area contributed by atoms with Crippen molar-refractivity contribution in [1.29, 1.82) is 5.26 Å². The molecule has 0 spiro atoms. The Labute approximate surface area is 53.5 Å². The third kappa shape index (κ3) is 1.07. The van der Waals surface area contributed by atoms with Crippen molar-refractivity contribution in [3.63, 3.8) is 0 Å². The number of nitrogens with zero attached hydrogens (tertiary/aromatic N) is 1. The van der Waals surface area contributed by atoms with E-state index < -0.39 is 0 Å². The van der Waals surface area contributed by atoms with Gasteiger partial charge in [-0.05, 0) is 6.07 Å². The minimum atomic E-state index is 0.650. The predicted molar refractivity (Wildman–Crippen MR) is 33.7 cm³/mol. The van der Waals surface area contributed by atoms with Gasteiger partial charge in [-0.3, -0.25) is 0 Å². The highest BCUT2D eigenvalue weighted by molar-refractivity contribution is 5.46. The van der Waals surface area contributed by atoms with Gasteiger partial charge in [-0.1, -0.05) is 12.1 Å². The summed E-state index contributed by atoms with van der Waals surface area (Å²) in [7, 11) is 0. The molecule has 0 amide bonds. The zero-order valence-corrected chi connectivity index (χ0v) is 4.96. The molecule has 0 heterocycles. The van der Waals surface area contributed by atoms with Crippen LogP contribution < -0.4 is 5.73 Å². The topological polar surface area (TPSA) is 51.4 Å². The SMILES string of the molecule is N#Cc1ccccc1[NH3+]. The lowest BCUT2D eigenvalue weighted by Crippen LogP contribution is -2.41. The highest BCUT2D eigenvalue weighted by atomic mass is 14.6. The average molecular weight is 119 g/mol. The van der Waals surface area contributed by atoms with Crippen molar-refractivity contribution in [2.75, 3.05) is 0 Å². The van der Waals surface area contributed by atoms with Crippen LogP contribution in [0.3, 0.4) is 0 Å². The molecule has 0 unspecified atom stereocenters. The van der Waals surface area contributed by atoms with E-state index in [1.165, 1.54) is 0 Å². The minimum absolute atomic E-state index is 0.650. The smallest absolute Gasteiger partial charge is 0.145 e. The summed E-state index contributed by atoms with van der Waals surface area (Å²) in [4.78, 5) is 0. The molecule has 0 aliphatic carbocycles. The zero-order chi connectivity index (χ0) is 6.69. The summed E-state index contributed by atoms with van der Waals surface area (Å²) in [6, 6.07) is 9.29. The standard InChI is InChI=1S/C7H6N2/c8-5-6-3-1-2-4-7(6)9/h1-4H,9H2/p+1. The summed E-state index contributed by atoms with van der Waals surface area (Å²) in [6.45, 7) is 0. The van der Waals surface area contributed by atoms with E-state index in [0.717, 1.165) is 5.69 Å². The maximum absolute atomic E-state index is 8.43. The lowest BCUT2D eigenvalue weighted by molar-refractivity contribution is -0.255. The Morgan fingerprint density at radius 1 is 1.33 bits per heavy atom. The molecule has 44 valence electrons. The van der Waals surface area contributed by atoms with Gasteiger partial charge in [0.25, 0.3) is 0 Å². The van der Waals surface area contributed by atoms with E-state index in [9.17, 15) is 0 Å². The van der Waals surface area contributed by atoms with E-state index in [1.807, 2.05) is 24.3 Å². The lowest BCUT2D eigenvalue weighted by atomic mass is 10.2. The molecule has 0 atom stereocenters. The summed E-state index contributed by atoms with van der Waals surface area (Å²) in [6.07, 6.45) is 0. The second kappa shape index (κ2) is 2.29. The first-order valence-corrected chi connectivity index (χ1v) is 2.65. The molecular weight excluding hydrogens is 112 g/mol. The molecule has 9 heavy (non-hydrogen) atoms. The Morgan fingerprint density at radius 3 is 2.44 bits per heavy atom. The van der Waals surface area contributed by atoms with Crippen LogP contribution in [0.25, 0.3) is 0 Å². The van der Waals surface area contributed by atoms with Crippen LogP contribution in [0.4, 0.5) is 5.69 Å². The molecular formula is C7H7N2+. The van der Waals surface area contributed by atoms with Crippen LogP contribution in [-0.4, -0.2) is 0 Å². The van der Waals surface area contributed by atoms with Gasteiger partial charge in [0.2, 0.25) is 0 Å². The van der Waals surface area contributed by atoms with Gasteiger partial charge in [0.1, 0.15) is 17.3 Å². The molecule has 3 N–H and O–H groups in total. The molecule has 2 nitrogen and oxygen atoms in total. The van der Waals surface area contributed by atoms with Crippen LogP contribution >= 0.6 is 0 Å². The van der Waals surface area contributed by atoms with Crippen molar-refractivity contribution in [2.45, 2.75) is 0 Å². The number of hydrogen-bond acceptors (Lipinski definition) is 1. The summed E-state index contributed by atoms with van der Waals surface area (Å²) < 4.78 is 0. The van der Waals surface area contributed by atoms with Crippen LogP contribution in [0.2, 0.25) is 0 Å². The van der Waals surface area contributed by atoms with Gasteiger partial charge < -0.3 is 5.73 Å². The maximum Gasteiger partial charge on any atom is 0.145 e. The third-order valence-corrected chi connectivity index (χ3v) is 1.14. The van der Waals surface area contributed by atoms with Crippen LogP contribution in [0, 0.1) is 11.3 Å². The Kier molecular flexibility index (Phi) is 1.48. The molecule has 0 bridgehead atoms. The van der Waals surface area contributed by atoms with Crippen molar-refractivity contribution >= 4 is 5.69 Å². The first kappa shape index (κ1) is 5.80. The quantitative estimate of drug-likeness (QED) is 0.529. The van der Waals surface area contributed by atoms with E-state index in [2.05, 4.69) is 5.73 Å². The highest BCUT2D eigenvalue weighted by Crippen LogP contribution is 2.04. The average Bonchev–Trinajstić information content (AvgIpc) is 1.89. The first-order valence-electron chi connectivity index (χ1n) is 2.65. The first-order chi connectivity index (χ1) is 4.34. The van der Waals surface area contributed by atoms with E-state index in [1.54, 1.807) is 6.07 Å². The van der Waals surface area contributed by atoms with Gasteiger partial charge in [0.15, 0.2) is 0 Å². The number of benzene rings is 1. The second-order valence-electron chi connectivity index (χ2n) is 1.77. The van der Waals surface area contributed by atoms with Gasteiger partial charge in [0, 0.05) is 6.07 Å². The largest absolute Gasteiger partial charge is 0.324 e. The van der Waals surface area contributed by atoms with E-state index in [-0.39, 0.29) is 0 Å². The molecule has 0 aliphatic heterocycles. The minimum Gasteiger partial charge on any atom is -0.324 e. The summed E-state index contributed by atoms with van der Waals surface area (Å²) >= 11 is 0. The fourth-order valence-corrected chi connectivity index (χ4v) is 0.629. The van der Waals surface area contributed by atoms with Gasteiger partial charge in [0.05, 0.1) is 0 Å². The lowest BCUT2D eigenvalue weighted by Gasteiger charge is -1.86. The van der Waals surface area contributed by atoms with E-state index in [0.29, 0.717) is 5.56 Å². The number of nitriles is 1. The van der Waals surface area contributed by atoms with Crippen LogP contribution in [0.1, 0.15) is 5.56 Å². The van der Waals surface area contributed by atoms with Gasteiger partial charge >= 0.3 is 0 Å². The molecule has 1 rings (SSSR count). The molecule has 0 saturated heterocycles. The van der Waals surface area contributed by atoms with Crippen molar-refractivity contribution < 1.29 is 5.73 Å². The molecule has 0 saturated carbocycles. The molecule has 2 heteroatoms. The molecule has 1 aromatic rings. The Bertz CT molecular complexity index is 247. The predicted octanol–water partition coefficient (Wildman–Crippen LogP) is 0.432. The van der Waals surface area contributed by atoms with Crippen LogP contribution in [0.5, 0.6) is 0 Å². The van der Waals surface area contributed by atoms with Crippen molar-refractivity contribution in [1.82, 2.24) is 0 Å². The fraction of sp³-hybridized carbons (Fsp3) is 0. The Hall–Kier alpha value is -1.33. The normalized spacial score (nSPS) is 8.44. The summed E-state index contributed by atoms with van der Waals surface area (Å²) in [5, 5.41) is 8.43. The monoisotopic (exact) mass is 119 g/mol. The molecule has 1 aromatic carbocycles. The Balaban J connectivity index is 3.20. The number of hydrogen-bond donors (Lipinski definition) is 1. The van der Waals surface area contributed by atoms with Crippen molar-refractivity contribution in [2.24, 2.45) is 0 Å².